The van der Waals surface area contributed by atoms with Crippen LogP contribution >= 0.6 is 0 Å². The minimum Gasteiger partial charge on any atom is -0.316 e. The third-order valence-corrected chi connectivity index (χ3v) is 3.92. The fraction of sp³-hybridized carbons (Fsp3) is 0.533. The molecule has 1 fully saturated rings. The average Bonchev–Trinajstić information content (AvgIpc) is 2.84. The molecular formula is C15H19F2NO. The van der Waals surface area contributed by atoms with E-state index in [0.717, 1.165) is 44.0 Å². The van der Waals surface area contributed by atoms with Crippen LogP contribution in [0.5, 0.6) is 0 Å². The zero-order valence-corrected chi connectivity index (χ0v) is 11.1. The number of carbonyl (C=O) groups is 1. The Morgan fingerprint density at radius 2 is 2.21 bits per heavy atom. The lowest BCUT2D eigenvalue weighted by Gasteiger charge is -2.26. The maximum Gasteiger partial charge on any atom is 0.144 e. The van der Waals surface area contributed by atoms with Crippen molar-refractivity contribution < 1.29 is 13.6 Å². The summed E-state index contributed by atoms with van der Waals surface area (Å²) in [6, 6.07) is 3.27. The quantitative estimate of drug-likeness (QED) is 0.888. The lowest BCUT2D eigenvalue weighted by atomic mass is 9.76. The second kappa shape index (κ2) is 5.78. The van der Waals surface area contributed by atoms with E-state index < -0.39 is 17.0 Å². The van der Waals surface area contributed by atoms with Crippen LogP contribution in [0.1, 0.15) is 31.7 Å². The van der Waals surface area contributed by atoms with Crippen molar-refractivity contribution in [1.29, 1.82) is 0 Å². The van der Waals surface area contributed by atoms with Gasteiger partial charge < -0.3 is 5.32 Å². The van der Waals surface area contributed by atoms with Crippen LogP contribution in [-0.2, 0) is 11.2 Å². The second-order valence-electron chi connectivity index (χ2n) is 5.29. The highest BCUT2D eigenvalue weighted by atomic mass is 19.1. The molecule has 0 saturated carbocycles. The van der Waals surface area contributed by atoms with Crippen molar-refractivity contribution in [2.24, 2.45) is 5.41 Å². The van der Waals surface area contributed by atoms with Crippen molar-refractivity contribution in [1.82, 2.24) is 5.32 Å². The number of halogens is 2. The number of hydrogen-bond donors (Lipinski definition) is 1. The van der Waals surface area contributed by atoms with Gasteiger partial charge in [0.1, 0.15) is 17.4 Å². The van der Waals surface area contributed by atoms with E-state index in [0.29, 0.717) is 6.54 Å². The Labute approximate surface area is 112 Å². The standard InChI is InChI=1S/C15H19F2NO/c1-2-5-15(6-7-18-10-15)14(19)9-11-8-12(16)3-4-13(11)17/h3-4,8,18H,2,5-7,9-10H2,1H3. The second-order valence-corrected chi connectivity index (χ2v) is 5.29. The highest BCUT2D eigenvalue weighted by molar-refractivity contribution is 5.87. The van der Waals surface area contributed by atoms with Crippen molar-refractivity contribution in [3.63, 3.8) is 0 Å². The Balaban J connectivity index is 2.17. The molecule has 1 atom stereocenters. The lowest BCUT2D eigenvalue weighted by molar-refractivity contribution is -0.127. The smallest absolute Gasteiger partial charge is 0.144 e. The molecule has 104 valence electrons. The summed E-state index contributed by atoms with van der Waals surface area (Å²) in [6.45, 7) is 3.50. The molecule has 0 aliphatic carbocycles. The van der Waals surface area contributed by atoms with E-state index in [-0.39, 0.29) is 17.8 Å². The molecular weight excluding hydrogens is 248 g/mol. The summed E-state index contributed by atoms with van der Waals surface area (Å²) in [4.78, 5) is 12.5. The number of ketones is 1. The van der Waals surface area contributed by atoms with E-state index in [1.165, 1.54) is 0 Å². The highest BCUT2D eigenvalue weighted by Crippen LogP contribution is 2.33. The molecule has 0 amide bonds. The van der Waals surface area contributed by atoms with Gasteiger partial charge in [-0.15, -0.1) is 0 Å². The van der Waals surface area contributed by atoms with Crippen LogP contribution in [0.3, 0.4) is 0 Å². The zero-order chi connectivity index (χ0) is 13.9. The topological polar surface area (TPSA) is 29.1 Å². The average molecular weight is 267 g/mol. The maximum absolute atomic E-state index is 13.6. The molecule has 1 heterocycles. The molecule has 2 nitrogen and oxygen atoms in total. The van der Waals surface area contributed by atoms with Gasteiger partial charge in [-0.25, -0.2) is 8.78 Å². The Morgan fingerprint density at radius 1 is 1.42 bits per heavy atom. The van der Waals surface area contributed by atoms with Crippen LogP contribution in [0.2, 0.25) is 0 Å². The van der Waals surface area contributed by atoms with E-state index in [9.17, 15) is 13.6 Å². The van der Waals surface area contributed by atoms with E-state index in [2.05, 4.69) is 5.32 Å². The van der Waals surface area contributed by atoms with Gasteiger partial charge in [-0.2, -0.15) is 0 Å². The van der Waals surface area contributed by atoms with E-state index >= 15 is 0 Å². The molecule has 1 aromatic carbocycles. The third-order valence-electron chi connectivity index (χ3n) is 3.92. The molecule has 4 heteroatoms. The summed E-state index contributed by atoms with van der Waals surface area (Å²) < 4.78 is 26.7. The molecule has 19 heavy (non-hydrogen) atoms. The van der Waals surface area contributed by atoms with Crippen LogP contribution in [0.4, 0.5) is 8.78 Å². The lowest BCUT2D eigenvalue weighted by Crippen LogP contribution is -2.34. The van der Waals surface area contributed by atoms with Gasteiger partial charge >= 0.3 is 0 Å². The summed E-state index contributed by atoms with van der Waals surface area (Å²) in [5.41, 5.74) is -0.236. The molecule has 1 aliphatic rings. The number of rotatable bonds is 5. The Morgan fingerprint density at radius 3 is 2.84 bits per heavy atom. The molecule has 0 spiro atoms. The van der Waals surface area contributed by atoms with Crippen LogP contribution in [-0.4, -0.2) is 18.9 Å². The predicted molar refractivity (Wildman–Crippen MR) is 69.9 cm³/mol. The normalized spacial score (nSPS) is 22.7. The minimum absolute atomic E-state index is 0.0175. The monoisotopic (exact) mass is 267 g/mol. The zero-order valence-electron chi connectivity index (χ0n) is 11.1. The first-order chi connectivity index (χ1) is 9.07. The van der Waals surface area contributed by atoms with Crippen LogP contribution < -0.4 is 5.32 Å². The number of benzene rings is 1. The van der Waals surface area contributed by atoms with E-state index in [4.69, 9.17) is 0 Å². The molecule has 1 aliphatic heterocycles. The first kappa shape index (κ1) is 14.1. The third kappa shape index (κ3) is 3.00. The predicted octanol–water partition coefficient (Wildman–Crippen LogP) is 2.86. The first-order valence-corrected chi connectivity index (χ1v) is 6.75. The SMILES string of the molecule is CCCC1(C(=O)Cc2cc(F)ccc2F)CCNC1. The van der Waals surface area contributed by atoms with Gasteiger partial charge in [-0.05, 0) is 43.1 Å². The van der Waals surface area contributed by atoms with Crippen molar-refractivity contribution in [3.05, 3.63) is 35.4 Å². The Bertz CT molecular complexity index is 467. The van der Waals surface area contributed by atoms with E-state index in [1.807, 2.05) is 6.92 Å². The summed E-state index contributed by atoms with van der Waals surface area (Å²) in [6.07, 6.45) is 2.48. The van der Waals surface area contributed by atoms with Gasteiger partial charge in [-0.3, -0.25) is 4.79 Å². The van der Waals surface area contributed by atoms with Crippen molar-refractivity contribution in [3.8, 4) is 0 Å². The fourth-order valence-corrected chi connectivity index (χ4v) is 2.85. The molecule has 0 radical (unpaired) electrons. The largest absolute Gasteiger partial charge is 0.316 e. The molecule has 1 unspecified atom stereocenters. The summed E-state index contributed by atoms with van der Waals surface area (Å²) in [5.74, 6) is -0.991. The van der Waals surface area contributed by atoms with Gasteiger partial charge in [0, 0.05) is 18.4 Å². The molecule has 1 aromatic rings. The maximum atomic E-state index is 13.6. The highest BCUT2D eigenvalue weighted by Gasteiger charge is 2.39. The van der Waals surface area contributed by atoms with Gasteiger partial charge in [0.2, 0.25) is 0 Å². The molecule has 1 saturated heterocycles. The molecule has 1 N–H and O–H groups in total. The van der Waals surface area contributed by atoms with Crippen molar-refractivity contribution >= 4 is 5.78 Å². The van der Waals surface area contributed by atoms with Crippen LogP contribution in [0, 0.1) is 17.0 Å². The van der Waals surface area contributed by atoms with Crippen molar-refractivity contribution in [2.45, 2.75) is 32.6 Å². The van der Waals surface area contributed by atoms with Gasteiger partial charge in [0.05, 0.1) is 0 Å². The van der Waals surface area contributed by atoms with E-state index in [1.54, 1.807) is 0 Å². The van der Waals surface area contributed by atoms with Gasteiger partial charge in [-0.1, -0.05) is 13.3 Å². The first-order valence-electron chi connectivity index (χ1n) is 6.75. The summed E-state index contributed by atoms with van der Waals surface area (Å²) in [5, 5.41) is 3.20. The number of Topliss-reactive ketones (excluding diaryl/α,β-unsaturated/α-hetero) is 1. The van der Waals surface area contributed by atoms with Crippen LogP contribution in [0.15, 0.2) is 18.2 Å². The van der Waals surface area contributed by atoms with Crippen LogP contribution in [0.25, 0.3) is 0 Å². The fourth-order valence-electron chi connectivity index (χ4n) is 2.85. The number of nitrogens with one attached hydrogen (secondary N) is 1. The molecule has 0 aromatic heterocycles. The van der Waals surface area contributed by atoms with Crippen molar-refractivity contribution in [2.75, 3.05) is 13.1 Å². The van der Waals surface area contributed by atoms with Gasteiger partial charge in [0.15, 0.2) is 0 Å². The van der Waals surface area contributed by atoms with Gasteiger partial charge in [0.25, 0.3) is 0 Å². The summed E-state index contributed by atoms with van der Waals surface area (Å²) >= 11 is 0. The minimum atomic E-state index is -0.507. The molecule has 0 bridgehead atoms. The summed E-state index contributed by atoms with van der Waals surface area (Å²) in [7, 11) is 0. The molecule has 2 rings (SSSR count). The number of hydrogen-bond acceptors (Lipinski definition) is 2. The Kier molecular flexibility index (Phi) is 4.30. The Hall–Kier alpha value is -1.29. The number of carbonyl (C=O) groups excluding carboxylic acids is 1.